The summed E-state index contributed by atoms with van der Waals surface area (Å²) in [6, 6.07) is 4.87. The molecule has 24 heavy (non-hydrogen) atoms. The Bertz CT molecular complexity index is 636. The maximum atomic E-state index is 12.2. The van der Waals surface area contributed by atoms with Crippen molar-refractivity contribution >= 4 is 15.9 Å². The quantitative estimate of drug-likeness (QED) is 0.720. The predicted molar refractivity (Wildman–Crippen MR) is 93.1 cm³/mol. The average molecular weight is 358 g/mol. The molecule has 0 saturated heterocycles. The summed E-state index contributed by atoms with van der Waals surface area (Å²) < 4.78 is 35.1. The minimum absolute atomic E-state index is 0.207. The summed E-state index contributed by atoms with van der Waals surface area (Å²) in [5.74, 6) is 0.914. The molecule has 1 aromatic rings. The van der Waals surface area contributed by atoms with E-state index in [1.807, 2.05) is 13.8 Å². The topological polar surface area (TPSA) is 84.9 Å². The van der Waals surface area contributed by atoms with E-state index in [9.17, 15) is 13.2 Å². The average Bonchev–Trinajstić information content (AvgIpc) is 2.51. The van der Waals surface area contributed by atoms with Gasteiger partial charge in [-0.05, 0) is 18.1 Å². The zero-order valence-electron chi connectivity index (χ0n) is 14.8. The molecule has 0 aromatic heterocycles. The number of amides is 1. The van der Waals surface area contributed by atoms with Gasteiger partial charge in [-0.1, -0.05) is 13.8 Å². The molecule has 0 fully saturated rings. The lowest BCUT2D eigenvalue weighted by Crippen LogP contribution is -2.39. The maximum Gasteiger partial charge on any atom is 0.251 e. The minimum atomic E-state index is -3.30. The van der Waals surface area contributed by atoms with Gasteiger partial charge in [0.2, 0.25) is 10.0 Å². The summed E-state index contributed by atoms with van der Waals surface area (Å²) in [4.78, 5) is 12.2. The van der Waals surface area contributed by atoms with Crippen LogP contribution < -0.4 is 14.8 Å². The molecular formula is C16H26N2O5S. The van der Waals surface area contributed by atoms with E-state index in [1.165, 1.54) is 24.8 Å². The molecule has 1 aromatic carbocycles. The molecule has 0 spiro atoms. The maximum absolute atomic E-state index is 12.2. The molecule has 0 atom stereocenters. The number of benzene rings is 1. The van der Waals surface area contributed by atoms with Crippen molar-refractivity contribution in [3.05, 3.63) is 23.8 Å². The highest BCUT2D eigenvalue weighted by Crippen LogP contribution is 2.22. The van der Waals surface area contributed by atoms with Crippen molar-refractivity contribution in [2.24, 2.45) is 5.92 Å². The van der Waals surface area contributed by atoms with Crippen molar-refractivity contribution in [1.29, 1.82) is 0 Å². The van der Waals surface area contributed by atoms with Gasteiger partial charge in [-0.25, -0.2) is 12.7 Å². The lowest BCUT2D eigenvalue weighted by Gasteiger charge is -2.22. The second-order valence-electron chi connectivity index (χ2n) is 5.87. The van der Waals surface area contributed by atoms with Crippen molar-refractivity contribution in [1.82, 2.24) is 9.62 Å². The van der Waals surface area contributed by atoms with E-state index in [0.717, 1.165) is 0 Å². The monoisotopic (exact) mass is 358 g/mol. The summed E-state index contributed by atoms with van der Waals surface area (Å²) in [7, 11) is -0.289. The summed E-state index contributed by atoms with van der Waals surface area (Å²) in [6.07, 6.45) is 1.17. The molecule has 0 bridgehead atoms. The van der Waals surface area contributed by atoms with Gasteiger partial charge in [0.05, 0.1) is 20.5 Å². The Morgan fingerprint density at radius 3 is 2.12 bits per heavy atom. The third-order valence-electron chi connectivity index (χ3n) is 3.30. The van der Waals surface area contributed by atoms with E-state index in [1.54, 1.807) is 18.2 Å². The highest BCUT2D eigenvalue weighted by atomic mass is 32.2. The summed E-state index contributed by atoms with van der Waals surface area (Å²) in [6.45, 7) is 4.75. The molecule has 1 N–H and O–H groups in total. The number of hydrogen-bond donors (Lipinski definition) is 1. The summed E-state index contributed by atoms with van der Waals surface area (Å²) in [5, 5.41) is 2.72. The highest BCUT2D eigenvalue weighted by Gasteiger charge is 2.18. The van der Waals surface area contributed by atoms with Crippen LogP contribution in [0.1, 0.15) is 24.2 Å². The number of nitrogens with zero attached hydrogens (tertiary/aromatic N) is 1. The molecule has 0 saturated carbocycles. The molecule has 0 heterocycles. The molecule has 8 heteroatoms. The van der Waals surface area contributed by atoms with Crippen molar-refractivity contribution in [3.63, 3.8) is 0 Å². The zero-order valence-corrected chi connectivity index (χ0v) is 15.6. The molecule has 1 rings (SSSR count). The Labute approximate surface area is 144 Å². The third kappa shape index (κ3) is 6.37. The molecular weight excluding hydrogens is 332 g/mol. The van der Waals surface area contributed by atoms with Gasteiger partial charge in [0.25, 0.3) is 5.91 Å². The Morgan fingerprint density at radius 1 is 1.17 bits per heavy atom. The van der Waals surface area contributed by atoms with E-state index in [0.29, 0.717) is 23.6 Å². The molecule has 0 radical (unpaired) electrons. The van der Waals surface area contributed by atoms with Gasteiger partial charge in [-0.2, -0.15) is 0 Å². The van der Waals surface area contributed by atoms with Gasteiger partial charge in [0, 0.05) is 31.3 Å². The van der Waals surface area contributed by atoms with Crippen LogP contribution >= 0.6 is 0 Å². The standard InChI is InChI=1S/C16H26N2O5S/c1-12(2)11-18(24(5,20)21)7-6-17-16(19)13-8-14(22-3)10-15(9-13)23-4/h8-10,12H,6-7,11H2,1-5H3,(H,17,19). The van der Waals surface area contributed by atoms with Crippen LogP contribution in [0, 0.1) is 5.92 Å². The van der Waals surface area contributed by atoms with Crippen LogP contribution in [0.25, 0.3) is 0 Å². The van der Waals surface area contributed by atoms with Crippen LogP contribution in [0.2, 0.25) is 0 Å². The number of methoxy groups -OCH3 is 2. The molecule has 0 aliphatic carbocycles. The number of rotatable bonds is 9. The second kappa shape index (κ2) is 8.89. The number of nitrogens with one attached hydrogen (secondary N) is 1. The molecule has 0 unspecified atom stereocenters. The Morgan fingerprint density at radius 2 is 1.71 bits per heavy atom. The molecule has 7 nitrogen and oxygen atoms in total. The Kier molecular flexibility index (Phi) is 7.50. The van der Waals surface area contributed by atoms with Gasteiger partial charge in [-0.3, -0.25) is 4.79 Å². The van der Waals surface area contributed by atoms with Gasteiger partial charge >= 0.3 is 0 Å². The summed E-state index contributed by atoms with van der Waals surface area (Å²) in [5.41, 5.74) is 0.390. The van der Waals surface area contributed by atoms with Crippen LogP contribution in [0.4, 0.5) is 0 Å². The fourth-order valence-corrected chi connectivity index (χ4v) is 3.13. The molecule has 136 valence electrons. The lowest BCUT2D eigenvalue weighted by molar-refractivity contribution is 0.0950. The first-order chi connectivity index (χ1) is 11.2. The van der Waals surface area contributed by atoms with E-state index >= 15 is 0 Å². The number of carbonyl (C=O) groups is 1. The number of carbonyl (C=O) groups excluding carboxylic acids is 1. The number of sulfonamides is 1. The van der Waals surface area contributed by atoms with Crippen molar-refractivity contribution in [2.45, 2.75) is 13.8 Å². The highest BCUT2D eigenvalue weighted by molar-refractivity contribution is 7.88. The molecule has 0 aliphatic heterocycles. The van der Waals surface area contributed by atoms with E-state index in [2.05, 4.69) is 5.32 Å². The first-order valence-electron chi connectivity index (χ1n) is 7.63. The molecule has 0 aliphatic rings. The first kappa shape index (κ1) is 20.2. The van der Waals surface area contributed by atoms with E-state index in [-0.39, 0.29) is 24.9 Å². The van der Waals surface area contributed by atoms with Crippen LogP contribution in [0.15, 0.2) is 18.2 Å². The number of ether oxygens (including phenoxy) is 2. The van der Waals surface area contributed by atoms with Crippen molar-refractivity contribution in [2.75, 3.05) is 40.1 Å². The zero-order chi connectivity index (χ0) is 18.3. The van der Waals surface area contributed by atoms with Crippen LogP contribution in [0.3, 0.4) is 0 Å². The van der Waals surface area contributed by atoms with Crippen molar-refractivity contribution < 1.29 is 22.7 Å². The van der Waals surface area contributed by atoms with Gasteiger partial charge in [0.15, 0.2) is 0 Å². The Balaban J connectivity index is 2.71. The fraction of sp³-hybridized carbons (Fsp3) is 0.562. The third-order valence-corrected chi connectivity index (χ3v) is 4.57. The normalized spacial score (nSPS) is 11.6. The summed E-state index contributed by atoms with van der Waals surface area (Å²) >= 11 is 0. The van der Waals surface area contributed by atoms with E-state index in [4.69, 9.17) is 9.47 Å². The fourth-order valence-electron chi connectivity index (χ4n) is 2.13. The van der Waals surface area contributed by atoms with Crippen LogP contribution in [0.5, 0.6) is 11.5 Å². The van der Waals surface area contributed by atoms with Gasteiger partial charge in [0.1, 0.15) is 11.5 Å². The predicted octanol–water partition coefficient (Wildman–Crippen LogP) is 1.35. The first-order valence-corrected chi connectivity index (χ1v) is 9.48. The molecule has 1 amide bonds. The number of hydrogen-bond acceptors (Lipinski definition) is 5. The smallest absolute Gasteiger partial charge is 0.251 e. The van der Waals surface area contributed by atoms with Crippen LogP contribution in [-0.2, 0) is 10.0 Å². The largest absolute Gasteiger partial charge is 0.497 e. The SMILES string of the molecule is COc1cc(OC)cc(C(=O)NCCN(CC(C)C)S(C)(=O)=O)c1. The van der Waals surface area contributed by atoms with Crippen molar-refractivity contribution in [3.8, 4) is 11.5 Å². The van der Waals surface area contributed by atoms with Gasteiger partial charge < -0.3 is 14.8 Å². The Hall–Kier alpha value is -1.80. The van der Waals surface area contributed by atoms with Gasteiger partial charge in [-0.15, -0.1) is 0 Å². The lowest BCUT2D eigenvalue weighted by atomic mass is 10.2. The second-order valence-corrected chi connectivity index (χ2v) is 7.85. The van der Waals surface area contributed by atoms with Crippen LogP contribution in [-0.4, -0.2) is 58.7 Å². The van der Waals surface area contributed by atoms with E-state index < -0.39 is 10.0 Å². The minimum Gasteiger partial charge on any atom is -0.497 e.